The third-order valence-corrected chi connectivity index (χ3v) is 6.29. The van der Waals surface area contributed by atoms with Crippen LogP contribution < -0.4 is 16.1 Å². The first-order chi connectivity index (χ1) is 15.4. The number of nitrogens with one attached hydrogen (secondary N) is 1. The number of aromatic amines is 1. The summed E-state index contributed by atoms with van der Waals surface area (Å²) < 4.78 is 1.22. The van der Waals surface area contributed by atoms with Gasteiger partial charge < -0.3 is 14.8 Å². The molecule has 3 aromatic rings. The predicted molar refractivity (Wildman–Crippen MR) is 128 cm³/mol. The minimum absolute atomic E-state index is 0.118. The van der Waals surface area contributed by atoms with Crippen LogP contribution in [0.15, 0.2) is 52.1 Å². The molecule has 0 radical (unpaired) electrons. The first-order valence-corrected chi connectivity index (χ1v) is 11.3. The normalized spacial score (nSPS) is 14.2. The summed E-state index contributed by atoms with van der Waals surface area (Å²) in [5.41, 5.74) is 2.14. The summed E-state index contributed by atoms with van der Waals surface area (Å²) in [7, 11) is 0. The lowest BCUT2D eigenvalue weighted by atomic mass is 10.1. The van der Waals surface area contributed by atoms with Crippen LogP contribution in [0.25, 0.3) is 10.9 Å². The quantitative estimate of drug-likeness (QED) is 0.580. The molecule has 7 nitrogen and oxygen atoms in total. The van der Waals surface area contributed by atoms with E-state index in [1.807, 2.05) is 23.1 Å². The second-order valence-electron chi connectivity index (χ2n) is 8.19. The van der Waals surface area contributed by atoms with Crippen molar-refractivity contribution in [3.63, 3.8) is 0 Å². The van der Waals surface area contributed by atoms with Gasteiger partial charge in [0.2, 0.25) is 5.91 Å². The molecule has 0 aliphatic carbocycles. The van der Waals surface area contributed by atoms with Gasteiger partial charge in [-0.05, 0) is 49.6 Å². The van der Waals surface area contributed by atoms with E-state index < -0.39 is 5.69 Å². The largest absolute Gasteiger partial charge is 0.368 e. The maximum atomic E-state index is 12.6. The zero-order chi connectivity index (χ0) is 22.7. The third kappa shape index (κ3) is 4.72. The van der Waals surface area contributed by atoms with Crippen molar-refractivity contribution in [2.24, 2.45) is 0 Å². The van der Waals surface area contributed by atoms with Crippen molar-refractivity contribution < 1.29 is 4.79 Å². The number of unbranched alkanes of at least 4 members (excludes halogenated alkanes) is 1. The molecule has 0 saturated carbocycles. The van der Waals surface area contributed by atoms with E-state index >= 15 is 0 Å². The number of anilines is 1. The lowest BCUT2D eigenvalue weighted by Gasteiger charge is -2.37. The lowest BCUT2D eigenvalue weighted by molar-refractivity contribution is -0.131. The molecule has 0 bridgehead atoms. The van der Waals surface area contributed by atoms with E-state index in [-0.39, 0.29) is 11.5 Å². The topological polar surface area (TPSA) is 78.4 Å². The number of benzene rings is 2. The summed E-state index contributed by atoms with van der Waals surface area (Å²) in [6.45, 7) is 5.26. The van der Waals surface area contributed by atoms with Gasteiger partial charge in [0.15, 0.2) is 0 Å². The summed E-state index contributed by atoms with van der Waals surface area (Å²) >= 11 is 6.14. The van der Waals surface area contributed by atoms with Gasteiger partial charge in [0.1, 0.15) is 0 Å². The molecule has 1 amide bonds. The van der Waals surface area contributed by atoms with Gasteiger partial charge >= 0.3 is 5.69 Å². The average Bonchev–Trinajstić information content (AvgIpc) is 2.80. The fraction of sp³-hybridized carbons (Fsp3) is 0.375. The number of H-pyrrole nitrogens is 1. The third-order valence-electron chi connectivity index (χ3n) is 6.06. The molecule has 1 saturated heterocycles. The van der Waals surface area contributed by atoms with E-state index in [9.17, 15) is 14.4 Å². The summed E-state index contributed by atoms with van der Waals surface area (Å²) in [5, 5.41) is 1.21. The Balaban J connectivity index is 1.27. The number of hydrogen-bond acceptors (Lipinski definition) is 4. The fourth-order valence-electron chi connectivity index (χ4n) is 4.23. The van der Waals surface area contributed by atoms with Crippen LogP contribution in [-0.4, -0.2) is 46.5 Å². The highest BCUT2D eigenvalue weighted by molar-refractivity contribution is 6.30. The SMILES string of the molecule is Cc1ccc(Cl)cc1N1CCN(C(=O)CCCCn2c(=O)[nH]c3ccccc3c2=O)CC1. The van der Waals surface area contributed by atoms with Gasteiger partial charge in [-0.2, -0.15) is 0 Å². The van der Waals surface area contributed by atoms with Crippen LogP contribution >= 0.6 is 11.6 Å². The summed E-state index contributed by atoms with van der Waals surface area (Å²) in [6, 6.07) is 12.9. The fourth-order valence-corrected chi connectivity index (χ4v) is 4.39. The number of nitrogens with zero attached hydrogens (tertiary/aromatic N) is 3. The smallest absolute Gasteiger partial charge is 0.328 e. The molecule has 1 N–H and O–H groups in total. The zero-order valence-electron chi connectivity index (χ0n) is 18.1. The highest BCUT2D eigenvalue weighted by atomic mass is 35.5. The Morgan fingerprint density at radius 1 is 1.03 bits per heavy atom. The monoisotopic (exact) mass is 454 g/mol. The molecule has 32 heavy (non-hydrogen) atoms. The minimum Gasteiger partial charge on any atom is -0.368 e. The summed E-state index contributed by atoms with van der Waals surface area (Å²) in [6.07, 6.45) is 1.64. The molecule has 2 aromatic carbocycles. The molecule has 0 unspecified atom stereocenters. The molecule has 1 aliphatic rings. The predicted octanol–water partition coefficient (Wildman–Crippen LogP) is 3.17. The molecule has 0 spiro atoms. The zero-order valence-corrected chi connectivity index (χ0v) is 18.9. The van der Waals surface area contributed by atoms with Crippen LogP contribution in [0.1, 0.15) is 24.8 Å². The van der Waals surface area contributed by atoms with Gasteiger partial charge in [-0.15, -0.1) is 0 Å². The maximum Gasteiger partial charge on any atom is 0.328 e. The first kappa shape index (κ1) is 22.1. The molecule has 2 heterocycles. The number of carbonyl (C=O) groups excluding carboxylic acids is 1. The van der Waals surface area contributed by atoms with E-state index in [0.717, 1.165) is 18.8 Å². The molecule has 1 fully saturated rings. The Hall–Kier alpha value is -3.06. The van der Waals surface area contributed by atoms with Crippen LogP contribution in [-0.2, 0) is 11.3 Å². The van der Waals surface area contributed by atoms with Crippen molar-refractivity contribution >= 4 is 34.1 Å². The van der Waals surface area contributed by atoms with E-state index in [4.69, 9.17) is 11.6 Å². The molecular formula is C24H27ClN4O3. The number of rotatable bonds is 6. The number of halogens is 1. The number of piperazine rings is 1. The van der Waals surface area contributed by atoms with E-state index in [1.165, 1.54) is 10.1 Å². The number of carbonyl (C=O) groups is 1. The van der Waals surface area contributed by atoms with Crippen molar-refractivity contribution in [3.8, 4) is 0 Å². The van der Waals surface area contributed by atoms with Crippen molar-refractivity contribution in [1.29, 1.82) is 0 Å². The van der Waals surface area contributed by atoms with Gasteiger partial charge in [-0.1, -0.05) is 29.8 Å². The molecular weight excluding hydrogens is 428 g/mol. The van der Waals surface area contributed by atoms with Crippen LogP contribution in [0.3, 0.4) is 0 Å². The van der Waals surface area contributed by atoms with E-state index in [0.29, 0.717) is 54.8 Å². The molecule has 4 rings (SSSR count). The number of fused-ring (bicyclic) bond motifs is 1. The van der Waals surface area contributed by atoms with Crippen molar-refractivity contribution in [2.75, 3.05) is 31.1 Å². The lowest BCUT2D eigenvalue weighted by Crippen LogP contribution is -2.49. The van der Waals surface area contributed by atoms with E-state index in [1.54, 1.807) is 24.3 Å². The second kappa shape index (κ2) is 9.61. The van der Waals surface area contributed by atoms with Crippen LogP contribution in [0.4, 0.5) is 5.69 Å². The van der Waals surface area contributed by atoms with Gasteiger partial charge in [0, 0.05) is 49.9 Å². The Morgan fingerprint density at radius 2 is 1.78 bits per heavy atom. The van der Waals surface area contributed by atoms with Crippen molar-refractivity contribution in [2.45, 2.75) is 32.7 Å². The highest BCUT2D eigenvalue weighted by Crippen LogP contribution is 2.25. The molecule has 1 aromatic heterocycles. The Morgan fingerprint density at radius 3 is 2.56 bits per heavy atom. The maximum absolute atomic E-state index is 12.6. The Kier molecular flexibility index (Phi) is 6.65. The number of aryl methyl sites for hydroxylation is 1. The van der Waals surface area contributed by atoms with Crippen molar-refractivity contribution in [3.05, 3.63) is 73.9 Å². The highest BCUT2D eigenvalue weighted by Gasteiger charge is 2.22. The standard InChI is InChI=1S/C24H27ClN4O3/c1-17-9-10-18(25)16-21(17)27-12-14-28(15-13-27)22(30)8-4-5-11-29-23(31)19-6-2-3-7-20(19)26-24(29)32/h2-3,6-7,9-10,16H,4-5,8,11-15H2,1H3,(H,26,32). The molecule has 0 atom stereocenters. The number of amides is 1. The summed E-state index contributed by atoms with van der Waals surface area (Å²) in [4.78, 5) is 44.4. The van der Waals surface area contributed by atoms with E-state index in [2.05, 4.69) is 16.8 Å². The van der Waals surface area contributed by atoms with Crippen molar-refractivity contribution in [1.82, 2.24) is 14.5 Å². The van der Waals surface area contributed by atoms with Gasteiger partial charge in [-0.25, -0.2) is 4.79 Å². The van der Waals surface area contributed by atoms with Gasteiger partial charge in [0.05, 0.1) is 10.9 Å². The number of para-hydroxylation sites is 1. The van der Waals surface area contributed by atoms with Gasteiger partial charge in [0.25, 0.3) is 5.56 Å². The summed E-state index contributed by atoms with van der Waals surface area (Å²) in [5.74, 6) is 0.118. The number of hydrogen-bond donors (Lipinski definition) is 1. The van der Waals surface area contributed by atoms with Crippen LogP contribution in [0.2, 0.25) is 5.02 Å². The Bertz CT molecular complexity index is 1240. The number of aromatic nitrogens is 2. The minimum atomic E-state index is -0.410. The molecule has 8 heteroatoms. The molecule has 1 aliphatic heterocycles. The van der Waals surface area contributed by atoms with Crippen LogP contribution in [0, 0.1) is 6.92 Å². The Labute approximate surface area is 191 Å². The first-order valence-electron chi connectivity index (χ1n) is 10.9. The average molecular weight is 455 g/mol. The van der Waals surface area contributed by atoms with Gasteiger partial charge in [-0.3, -0.25) is 14.2 Å². The van der Waals surface area contributed by atoms with Crippen LogP contribution in [0.5, 0.6) is 0 Å². The second-order valence-corrected chi connectivity index (χ2v) is 8.62. The molecule has 168 valence electrons.